The third-order valence-corrected chi connectivity index (χ3v) is 2.77. The minimum absolute atomic E-state index is 0.101. The SMILES string of the molecule is CC(C)(CO)c1cc(-c2ccccc2)n[nH]1. The number of H-pyrrole nitrogens is 1. The summed E-state index contributed by atoms with van der Waals surface area (Å²) in [5.41, 5.74) is 2.67. The van der Waals surface area contributed by atoms with Crippen LogP contribution < -0.4 is 0 Å². The van der Waals surface area contributed by atoms with Crippen molar-refractivity contribution in [3.63, 3.8) is 0 Å². The molecule has 0 saturated heterocycles. The average molecular weight is 216 g/mol. The standard InChI is InChI=1S/C13H16N2O/c1-13(2,9-16)12-8-11(14-15-12)10-6-4-3-5-7-10/h3-8,16H,9H2,1-2H3,(H,14,15). The number of hydrogen-bond acceptors (Lipinski definition) is 2. The first-order valence-corrected chi connectivity index (χ1v) is 5.36. The summed E-state index contributed by atoms with van der Waals surface area (Å²) in [6.07, 6.45) is 0. The van der Waals surface area contributed by atoms with Crippen LogP contribution in [0.3, 0.4) is 0 Å². The normalized spacial score (nSPS) is 11.7. The zero-order valence-corrected chi connectivity index (χ0v) is 9.57. The molecular formula is C13H16N2O. The summed E-state index contributed by atoms with van der Waals surface area (Å²) in [6.45, 7) is 4.06. The zero-order valence-electron chi connectivity index (χ0n) is 9.57. The van der Waals surface area contributed by atoms with Crippen LogP contribution >= 0.6 is 0 Å². The molecule has 0 unspecified atom stereocenters. The van der Waals surface area contributed by atoms with Crippen LogP contribution in [0.4, 0.5) is 0 Å². The molecule has 2 rings (SSSR count). The Morgan fingerprint density at radius 2 is 1.94 bits per heavy atom. The lowest BCUT2D eigenvalue weighted by atomic mass is 9.90. The summed E-state index contributed by atoms with van der Waals surface area (Å²) >= 11 is 0. The number of aliphatic hydroxyl groups is 1. The molecule has 3 heteroatoms. The van der Waals surface area contributed by atoms with Crippen molar-refractivity contribution in [1.82, 2.24) is 10.2 Å². The van der Waals surface area contributed by atoms with E-state index in [0.29, 0.717) is 0 Å². The van der Waals surface area contributed by atoms with Gasteiger partial charge in [-0.05, 0) is 6.07 Å². The van der Waals surface area contributed by atoms with Crippen LogP contribution in [0.2, 0.25) is 0 Å². The van der Waals surface area contributed by atoms with E-state index in [0.717, 1.165) is 17.0 Å². The Hall–Kier alpha value is -1.61. The highest BCUT2D eigenvalue weighted by Crippen LogP contribution is 2.24. The molecular weight excluding hydrogens is 200 g/mol. The van der Waals surface area contributed by atoms with Crippen molar-refractivity contribution in [1.29, 1.82) is 0 Å². The van der Waals surface area contributed by atoms with E-state index in [2.05, 4.69) is 10.2 Å². The van der Waals surface area contributed by atoms with E-state index < -0.39 is 0 Å². The highest BCUT2D eigenvalue weighted by molar-refractivity contribution is 5.59. The highest BCUT2D eigenvalue weighted by atomic mass is 16.3. The number of hydrogen-bond donors (Lipinski definition) is 2. The van der Waals surface area contributed by atoms with Crippen molar-refractivity contribution < 1.29 is 5.11 Å². The van der Waals surface area contributed by atoms with Gasteiger partial charge in [-0.2, -0.15) is 5.10 Å². The fourth-order valence-electron chi connectivity index (χ4n) is 1.51. The molecule has 0 bridgehead atoms. The van der Waals surface area contributed by atoms with Crippen LogP contribution in [0, 0.1) is 0 Å². The molecule has 0 spiro atoms. The molecule has 0 saturated carbocycles. The minimum Gasteiger partial charge on any atom is -0.395 e. The first kappa shape index (κ1) is 10.9. The van der Waals surface area contributed by atoms with Gasteiger partial charge in [0.2, 0.25) is 0 Å². The van der Waals surface area contributed by atoms with Crippen molar-refractivity contribution in [3.05, 3.63) is 42.1 Å². The number of nitrogens with zero attached hydrogens (tertiary/aromatic N) is 1. The van der Waals surface area contributed by atoms with Gasteiger partial charge >= 0.3 is 0 Å². The topological polar surface area (TPSA) is 48.9 Å². The van der Waals surface area contributed by atoms with Crippen molar-refractivity contribution in [2.45, 2.75) is 19.3 Å². The maximum Gasteiger partial charge on any atom is 0.0923 e. The van der Waals surface area contributed by atoms with E-state index in [1.165, 1.54) is 0 Å². The molecule has 2 aromatic rings. The highest BCUT2D eigenvalue weighted by Gasteiger charge is 2.22. The molecule has 0 radical (unpaired) electrons. The van der Waals surface area contributed by atoms with Crippen LogP contribution in [0.5, 0.6) is 0 Å². The van der Waals surface area contributed by atoms with Gasteiger partial charge in [0.25, 0.3) is 0 Å². The summed E-state index contributed by atoms with van der Waals surface area (Å²) in [5, 5.41) is 16.5. The molecule has 0 aliphatic carbocycles. The van der Waals surface area contributed by atoms with E-state index >= 15 is 0 Å². The second kappa shape index (κ2) is 4.10. The van der Waals surface area contributed by atoms with Crippen LogP contribution in [-0.2, 0) is 5.41 Å². The Morgan fingerprint density at radius 3 is 2.56 bits per heavy atom. The van der Waals surface area contributed by atoms with Crippen LogP contribution in [-0.4, -0.2) is 21.9 Å². The Balaban J connectivity index is 2.34. The lowest BCUT2D eigenvalue weighted by Crippen LogP contribution is -2.22. The Kier molecular flexibility index (Phi) is 2.79. The predicted octanol–water partition coefficient (Wildman–Crippen LogP) is 2.35. The van der Waals surface area contributed by atoms with Crippen LogP contribution in [0.25, 0.3) is 11.3 Å². The summed E-state index contributed by atoms with van der Waals surface area (Å²) in [5.74, 6) is 0. The van der Waals surface area contributed by atoms with E-state index in [1.54, 1.807) is 0 Å². The second-order valence-corrected chi connectivity index (χ2v) is 4.57. The van der Waals surface area contributed by atoms with Gasteiger partial charge in [0.15, 0.2) is 0 Å². The third kappa shape index (κ3) is 1.99. The molecule has 1 aromatic heterocycles. The van der Waals surface area contributed by atoms with Crippen molar-refractivity contribution in [2.24, 2.45) is 0 Å². The largest absolute Gasteiger partial charge is 0.395 e. The maximum atomic E-state index is 9.28. The number of aromatic nitrogens is 2. The van der Waals surface area contributed by atoms with E-state index in [-0.39, 0.29) is 12.0 Å². The van der Waals surface area contributed by atoms with Gasteiger partial charge in [-0.25, -0.2) is 0 Å². The lowest BCUT2D eigenvalue weighted by molar-refractivity contribution is 0.215. The van der Waals surface area contributed by atoms with Crippen molar-refractivity contribution in [2.75, 3.05) is 6.61 Å². The van der Waals surface area contributed by atoms with Gasteiger partial charge in [0.05, 0.1) is 12.3 Å². The lowest BCUT2D eigenvalue weighted by Gasteiger charge is -2.18. The third-order valence-electron chi connectivity index (χ3n) is 2.77. The molecule has 84 valence electrons. The minimum atomic E-state index is -0.278. The summed E-state index contributed by atoms with van der Waals surface area (Å²) in [6, 6.07) is 12.0. The Bertz CT molecular complexity index is 460. The second-order valence-electron chi connectivity index (χ2n) is 4.57. The van der Waals surface area contributed by atoms with Gasteiger partial charge in [0.1, 0.15) is 0 Å². The molecule has 2 N–H and O–H groups in total. The summed E-state index contributed by atoms with van der Waals surface area (Å²) in [7, 11) is 0. The molecule has 1 heterocycles. The van der Waals surface area contributed by atoms with Crippen LogP contribution in [0.1, 0.15) is 19.5 Å². The number of benzene rings is 1. The number of nitrogens with one attached hydrogen (secondary N) is 1. The van der Waals surface area contributed by atoms with Gasteiger partial charge < -0.3 is 5.11 Å². The average Bonchev–Trinajstić information content (AvgIpc) is 2.80. The maximum absolute atomic E-state index is 9.28. The van der Waals surface area contributed by atoms with Crippen molar-refractivity contribution >= 4 is 0 Å². The van der Waals surface area contributed by atoms with Crippen molar-refractivity contribution in [3.8, 4) is 11.3 Å². The predicted molar refractivity (Wildman–Crippen MR) is 64.1 cm³/mol. The first-order chi connectivity index (χ1) is 7.63. The number of aliphatic hydroxyl groups excluding tert-OH is 1. The van der Waals surface area contributed by atoms with E-state index in [9.17, 15) is 5.11 Å². The zero-order chi connectivity index (χ0) is 11.6. The van der Waals surface area contributed by atoms with E-state index in [1.807, 2.05) is 50.2 Å². The molecule has 0 amide bonds. The molecule has 0 atom stereocenters. The summed E-state index contributed by atoms with van der Waals surface area (Å²) < 4.78 is 0. The quantitative estimate of drug-likeness (QED) is 0.827. The number of aromatic amines is 1. The smallest absolute Gasteiger partial charge is 0.0923 e. The molecule has 3 nitrogen and oxygen atoms in total. The Morgan fingerprint density at radius 1 is 1.25 bits per heavy atom. The number of rotatable bonds is 3. The fourth-order valence-corrected chi connectivity index (χ4v) is 1.51. The molecule has 1 aromatic carbocycles. The summed E-state index contributed by atoms with van der Waals surface area (Å²) in [4.78, 5) is 0. The Labute approximate surface area is 95.1 Å². The molecule has 16 heavy (non-hydrogen) atoms. The van der Waals surface area contributed by atoms with Gasteiger partial charge in [-0.3, -0.25) is 5.10 Å². The van der Waals surface area contributed by atoms with Crippen LogP contribution in [0.15, 0.2) is 36.4 Å². The first-order valence-electron chi connectivity index (χ1n) is 5.36. The molecule has 0 aliphatic rings. The van der Waals surface area contributed by atoms with Gasteiger partial charge in [-0.1, -0.05) is 44.2 Å². The monoisotopic (exact) mass is 216 g/mol. The van der Waals surface area contributed by atoms with Gasteiger partial charge in [-0.15, -0.1) is 0 Å². The molecule has 0 fully saturated rings. The van der Waals surface area contributed by atoms with E-state index in [4.69, 9.17) is 0 Å². The molecule has 0 aliphatic heterocycles. The van der Waals surface area contributed by atoms with Gasteiger partial charge in [0, 0.05) is 16.7 Å². The fraction of sp³-hybridized carbons (Fsp3) is 0.308.